The summed E-state index contributed by atoms with van der Waals surface area (Å²) in [7, 11) is 0. The van der Waals surface area contributed by atoms with Gasteiger partial charge in [-0.1, -0.05) is 18.5 Å². The van der Waals surface area contributed by atoms with Crippen LogP contribution in [0.25, 0.3) is 0 Å². The number of aromatic nitrogens is 2. The van der Waals surface area contributed by atoms with Crippen LogP contribution in [0.1, 0.15) is 31.9 Å². The van der Waals surface area contributed by atoms with Crippen LogP contribution in [0.3, 0.4) is 0 Å². The average molecular weight is 560 g/mol. The van der Waals surface area contributed by atoms with Gasteiger partial charge in [0.05, 0.1) is 17.4 Å². The smallest absolute Gasteiger partial charge is 0.193 e. The van der Waals surface area contributed by atoms with E-state index in [-0.39, 0.29) is 24.0 Å². The van der Waals surface area contributed by atoms with Crippen molar-refractivity contribution in [2.24, 2.45) is 10.9 Å². The second kappa shape index (κ2) is 11.3. The van der Waals surface area contributed by atoms with Crippen molar-refractivity contribution < 1.29 is 9.47 Å². The lowest BCUT2D eigenvalue weighted by Gasteiger charge is -2.39. The number of ether oxygens (including phenoxy) is 2. The summed E-state index contributed by atoms with van der Waals surface area (Å²) in [5.41, 5.74) is 1.10. The number of halogens is 2. The van der Waals surface area contributed by atoms with E-state index < -0.39 is 0 Å². The molecule has 0 radical (unpaired) electrons. The van der Waals surface area contributed by atoms with Crippen molar-refractivity contribution in [3.63, 3.8) is 0 Å². The van der Waals surface area contributed by atoms with E-state index in [0.717, 1.165) is 49.7 Å². The molecule has 1 fully saturated rings. The highest BCUT2D eigenvalue weighted by atomic mass is 127. The fraction of sp³-hybridized carbons (Fsp3) is 0.545. The van der Waals surface area contributed by atoms with Gasteiger partial charge < -0.3 is 24.3 Å². The molecule has 4 rings (SSSR count). The molecule has 1 N–H and O–H groups in total. The summed E-state index contributed by atoms with van der Waals surface area (Å²) in [6.45, 7) is 8.98. The quantitative estimate of drug-likeness (QED) is 0.341. The number of likely N-dealkylation sites (tertiary alicyclic amines) is 1. The summed E-state index contributed by atoms with van der Waals surface area (Å²) < 4.78 is 13.5. The Morgan fingerprint density at radius 3 is 2.94 bits per heavy atom. The standard InChI is InChI=1S/C22H30ClN5O2.HI/c1-3-25-22(27-8-5-16(2)19(14-27)28-9-7-24-15-28)26-6-4-17-12-18(23)21-20(13-17)29-10-11-30-21;/h7,9,12-13,15-16,19H,3-6,8,10-11,14H2,1-2H3,(H,25,26);1H. The van der Waals surface area contributed by atoms with Gasteiger partial charge in [-0.2, -0.15) is 0 Å². The molecule has 0 aliphatic carbocycles. The maximum atomic E-state index is 6.37. The van der Waals surface area contributed by atoms with Gasteiger partial charge in [-0.3, -0.25) is 4.99 Å². The minimum absolute atomic E-state index is 0. The summed E-state index contributed by atoms with van der Waals surface area (Å²) in [6.07, 6.45) is 7.75. The van der Waals surface area contributed by atoms with Crippen molar-refractivity contribution in [1.82, 2.24) is 19.8 Å². The Labute approximate surface area is 206 Å². The van der Waals surface area contributed by atoms with Gasteiger partial charge in [-0.05, 0) is 43.4 Å². The number of aliphatic imine (C=N–C) groups is 1. The van der Waals surface area contributed by atoms with E-state index in [1.807, 2.05) is 24.7 Å². The predicted molar refractivity (Wildman–Crippen MR) is 134 cm³/mol. The van der Waals surface area contributed by atoms with E-state index in [1.54, 1.807) is 0 Å². The van der Waals surface area contributed by atoms with Crippen LogP contribution in [-0.2, 0) is 6.42 Å². The van der Waals surface area contributed by atoms with Crippen LogP contribution in [0.5, 0.6) is 11.5 Å². The average Bonchev–Trinajstić information content (AvgIpc) is 3.28. The fourth-order valence-electron chi connectivity index (χ4n) is 4.12. The number of fused-ring (bicyclic) bond motifs is 1. The number of guanidine groups is 1. The summed E-state index contributed by atoms with van der Waals surface area (Å²) in [6, 6.07) is 4.37. The third kappa shape index (κ3) is 5.77. The molecule has 1 aromatic carbocycles. The second-order valence-corrected chi connectivity index (χ2v) is 8.28. The van der Waals surface area contributed by atoms with E-state index in [2.05, 4.69) is 39.8 Å². The zero-order chi connectivity index (χ0) is 20.9. The van der Waals surface area contributed by atoms with Crippen LogP contribution >= 0.6 is 35.6 Å². The van der Waals surface area contributed by atoms with E-state index in [1.165, 1.54) is 0 Å². The molecule has 1 aromatic heterocycles. The van der Waals surface area contributed by atoms with Gasteiger partial charge in [0.1, 0.15) is 13.2 Å². The van der Waals surface area contributed by atoms with E-state index in [0.29, 0.717) is 42.5 Å². The van der Waals surface area contributed by atoms with E-state index in [4.69, 9.17) is 26.1 Å². The maximum absolute atomic E-state index is 6.37. The van der Waals surface area contributed by atoms with Gasteiger partial charge in [-0.15, -0.1) is 24.0 Å². The first-order valence-electron chi connectivity index (χ1n) is 10.7. The lowest BCUT2D eigenvalue weighted by atomic mass is 9.93. The van der Waals surface area contributed by atoms with Gasteiger partial charge in [0, 0.05) is 38.6 Å². The first-order chi connectivity index (χ1) is 14.7. The molecule has 170 valence electrons. The topological polar surface area (TPSA) is 63.9 Å². The minimum Gasteiger partial charge on any atom is -0.486 e. The molecule has 2 aromatic rings. The molecule has 2 aliphatic rings. The molecule has 2 atom stereocenters. The summed E-state index contributed by atoms with van der Waals surface area (Å²) in [4.78, 5) is 11.5. The monoisotopic (exact) mass is 559 g/mol. The third-order valence-electron chi connectivity index (χ3n) is 5.78. The van der Waals surface area contributed by atoms with Crippen LogP contribution in [0.15, 0.2) is 35.8 Å². The number of nitrogens with zero attached hydrogens (tertiary/aromatic N) is 4. The molecule has 0 saturated carbocycles. The highest BCUT2D eigenvalue weighted by Gasteiger charge is 2.28. The normalized spacial score (nSPS) is 20.9. The number of hydrogen-bond acceptors (Lipinski definition) is 4. The Hall–Kier alpha value is -1.68. The van der Waals surface area contributed by atoms with Gasteiger partial charge in [-0.25, -0.2) is 4.98 Å². The first kappa shape index (κ1) is 24.0. The molecule has 31 heavy (non-hydrogen) atoms. The van der Waals surface area contributed by atoms with Crippen LogP contribution in [0.2, 0.25) is 5.02 Å². The number of piperidine rings is 1. The molecule has 0 amide bonds. The molecule has 7 nitrogen and oxygen atoms in total. The molecule has 3 heterocycles. The van der Waals surface area contributed by atoms with E-state index >= 15 is 0 Å². The zero-order valence-corrected chi connectivity index (χ0v) is 21.2. The molecular weight excluding hydrogens is 529 g/mol. The van der Waals surface area contributed by atoms with Gasteiger partial charge >= 0.3 is 0 Å². The first-order valence-corrected chi connectivity index (χ1v) is 11.1. The highest BCUT2D eigenvalue weighted by molar-refractivity contribution is 14.0. The summed E-state index contributed by atoms with van der Waals surface area (Å²) in [5.74, 6) is 2.96. The lowest BCUT2D eigenvalue weighted by molar-refractivity contribution is 0.171. The van der Waals surface area contributed by atoms with Gasteiger partial charge in [0.2, 0.25) is 0 Å². The van der Waals surface area contributed by atoms with Crippen molar-refractivity contribution >= 4 is 41.5 Å². The molecular formula is C22H31ClIN5O2. The van der Waals surface area contributed by atoms with Gasteiger partial charge in [0.25, 0.3) is 0 Å². The molecule has 9 heteroatoms. The third-order valence-corrected chi connectivity index (χ3v) is 6.06. The fourth-order valence-corrected chi connectivity index (χ4v) is 4.41. The maximum Gasteiger partial charge on any atom is 0.193 e. The molecule has 1 saturated heterocycles. The summed E-state index contributed by atoms with van der Waals surface area (Å²) >= 11 is 6.37. The van der Waals surface area contributed by atoms with Gasteiger partial charge in [0.15, 0.2) is 17.5 Å². The number of hydrogen-bond donors (Lipinski definition) is 1. The Morgan fingerprint density at radius 2 is 2.16 bits per heavy atom. The Balaban J connectivity index is 0.00000272. The van der Waals surface area contributed by atoms with E-state index in [9.17, 15) is 0 Å². The largest absolute Gasteiger partial charge is 0.486 e. The lowest BCUT2D eigenvalue weighted by Crippen LogP contribution is -2.49. The second-order valence-electron chi connectivity index (χ2n) is 7.88. The molecule has 0 bridgehead atoms. The Morgan fingerprint density at radius 1 is 1.32 bits per heavy atom. The van der Waals surface area contributed by atoms with Crippen molar-refractivity contribution in [3.05, 3.63) is 41.4 Å². The number of benzene rings is 1. The van der Waals surface area contributed by atoms with Crippen molar-refractivity contribution in [3.8, 4) is 11.5 Å². The summed E-state index contributed by atoms with van der Waals surface area (Å²) in [5, 5.41) is 4.06. The number of imidazole rings is 1. The van der Waals surface area contributed by atoms with Crippen LogP contribution in [-0.4, -0.2) is 59.8 Å². The van der Waals surface area contributed by atoms with Crippen LogP contribution in [0, 0.1) is 5.92 Å². The predicted octanol–water partition coefficient (Wildman–Crippen LogP) is 4.02. The van der Waals surface area contributed by atoms with Crippen molar-refractivity contribution in [2.75, 3.05) is 39.4 Å². The molecule has 2 unspecified atom stereocenters. The molecule has 2 aliphatic heterocycles. The SMILES string of the molecule is CCNC(=NCCc1cc(Cl)c2c(c1)OCCO2)N1CCC(C)C(n2ccnc2)C1.I. The molecule has 0 spiro atoms. The minimum atomic E-state index is 0. The Bertz CT molecular complexity index is 877. The number of nitrogens with one attached hydrogen (secondary N) is 1. The zero-order valence-electron chi connectivity index (χ0n) is 18.1. The van der Waals surface area contributed by atoms with Crippen molar-refractivity contribution in [1.29, 1.82) is 0 Å². The highest BCUT2D eigenvalue weighted by Crippen LogP contribution is 2.38. The van der Waals surface area contributed by atoms with Crippen LogP contribution in [0.4, 0.5) is 0 Å². The van der Waals surface area contributed by atoms with Crippen LogP contribution < -0.4 is 14.8 Å². The van der Waals surface area contributed by atoms with Crippen molar-refractivity contribution in [2.45, 2.75) is 32.7 Å². The number of rotatable bonds is 5. The Kier molecular flexibility index (Phi) is 8.71.